The third kappa shape index (κ3) is 5.84. The minimum absolute atomic E-state index is 0.415. The van der Waals surface area contributed by atoms with Crippen LogP contribution in [0.4, 0.5) is 0 Å². The minimum Gasteiger partial charge on any atom is -0.543 e. The van der Waals surface area contributed by atoms with Crippen LogP contribution in [0.2, 0.25) is 36.3 Å². The zero-order valence-electron chi connectivity index (χ0n) is 25.2. The first-order chi connectivity index (χ1) is 19.3. The summed E-state index contributed by atoms with van der Waals surface area (Å²) in [7, 11) is -4.16. The van der Waals surface area contributed by atoms with Crippen LogP contribution < -0.4 is 13.6 Å². The Balaban J connectivity index is 1.96. The highest BCUT2D eigenvalue weighted by atomic mass is 28.4. The van der Waals surface area contributed by atoms with Gasteiger partial charge in [0.1, 0.15) is 22.8 Å². The zero-order chi connectivity index (χ0) is 28.9. The standard InChI is InChI=1S/C34H44O4Si2/c1-8-39(9-2,10-3)37-32-24-30(34(35)36-31-20-16-18-26-17-14-15-19-27(26)31)33(38-40(11-4,12-5)13-6)28-22-21-25(7)23-29(28)32/h14-24H,8-13H2,1-7H3. The van der Waals surface area contributed by atoms with Gasteiger partial charge in [-0.3, -0.25) is 0 Å². The Hall–Kier alpha value is -3.10. The number of carbonyl (C=O) groups is 1. The molecule has 212 valence electrons. The van der Waals surface area contributed by atoms with E-state index in [9.17, 15) is 4.79 Å². The van der Waals surface area contributed by atoms with Crippen molar-refractivity contribution in [2.45, 2.75) is 84.7 Å². The van der Waals surface area contributed by atoms with Gasteiger partial charge in [0.05, 0.1) is 0 Å². The maximum absolute atomic E-state index is 14.1. The van der Waals surface area contributed by atoms with Crippen LogP contribution in [0.15, 0.2) is 66.7 Å². The molecule has 0 aliphatic carbocycles. The number of ether oxygens (including phenoxy) is 1. The van der Waals surface area contributed by atoms with Gasteiger partial charge in [0, 0.05) is 16.2 Å². The van der Waals surface area contributed by atoms with E-state index in [1.165, 1.54) is 0 Å². The molecule has 0 heterocycles. The van der Waals surface area contributed by atoms with Crippen LogP contribution in [-0.2, 0) is 0 Å². The fourth-order valence-electron chi connectivity index (χ4n) is 5.65. The first-order valence-electron chi connectivity index (χ1n) is 14.9. The average molecular weight is 573 g/mol. The summed E-state index contributed by atoms with van der Waals surface area (Å²) in [5.74, 6) is 1.54. The molecule has 0 bridgehead atoms. The molecule has 0 radical (unpaired) electrons. The molecule has 0 spiro atoms. The summed E-state index contributed by atoms with van der Waals surface area (Å²) in [5, 5.41) is 3.87. The van der Waals surface area contributed by atoms with Gasteiger partial charge in [0.25, 0.3) is 16.6 Å². The van der Waals surface area contributed by atoms with Crippen LogP contribution in [0.5, 0.6) is 17.2 Å². The molecule has 0 amide bonds. The fourth-order valence-corrected chi connectivity index (χ4v) is 10.8. The van der Waals surface area contributed by atoms with Crippen molar-refractivity contribution in [1.29, 1.82) is 0 Å². The largest absolute Gasteiger partial charge is 0.543 e. The minimum atomic E-state index is -2.13. The lowest BCUT2D eigenvalue weighted by Crippen LogP contribution is -2.40. The lowest BCUT2D eigenvalue weighted by molar-refractivity contribution is 0.0735. The highest BCUT2D eigenvalue weighted by molar-refractivity contribution is 6.75. The van der Waals surface area contributed by atoms with Crippen molar-refractivity contribution in [3.05, 3.63) is 77.9 Å². The molecule has 6 heteroatoms. The predicted octanol–water partition coefficient (Wildman–Crippen LogP) is 10.3. The van der Waals surface area contributed by atoms with Crippen molar-refractivity contribution in [2.24, 2.45) is 0 Å². The average Bonchev–Trinajstić information content (AvgIpc) is 2.99. The summed E-state index contributed by atoms with van der Waals surface area (Å²) in [6, 6.07) is 28.0. The number of rotatable bonds is 12. The molecule has 4 rings (SSSR count). The van der Waals surface area contributed by atoms with Gasteiger partial charge in [-0.25, -0.2) is 4.79 Å². The molecule has 0 N–H and O–H groups in total. The molecular weight excluding hydrogens is 529 g/mol. The third-order valence-corrected chi connectivity index (χ3v) is 17.9. The molecule has 0 saturated heterocycles. The van der Waals surface area contributed by atoms with E-state index >= 15 is 0 Å². The highest BCUT2D eigenvalue weighted by Crippen LogP contribution is 2.42. The fraction of sp³-hybridized carbons (Fsp3) is 0.382. The molecule has 40 heavy (non-hydrogen) atoms. The molecule has 0 fully saturated rings. The molecule has 0 aromatic heterocycles. The van der Waals surface area contributed by atoms with Gasteiger partial charge in [0.15, 0.2) is 0 Å². The van der Waals surface area contributed by atoms with E-state index < -0.39 is 22.6 Å². The SMILES string of the molecule is CC[Si](CC)(CC)Oc1cc(C(=O)Oc2cccc3ccccc23)c(O[Si](CC)(CC)CC)c2ccc(C)cc12. The second-order valence-corrected chi connectivity index (χ2v) is 20.2. The Morgan fingerprint density at radius 3 is 1.88 bits per heavy atom. The quantitative estimate of drug-likeness (QED) is 0.0962. The second-order valence-electron chi connectivity index (χ2n) is 10.9. The Morgan fingerprint density at radius 1 is 0.625 bits per heavy atom. The molecule has 0 saturated carbocycles. The van der Waals surface area contributed by atoms with Gasteiger partial charge in [0.2, 0.25) is 0 Å². The van der Waals surface area contributed by atoms with Gasteiger partial charge in [-0.15, -0.1) is 0 Å². The smallest absolute Gasteiger partial charge is 0.347 e. The summed E-state index contributed by atoms with van der Waals surface area (Å²) in [6.07, 6.45) is 0. The normalized spacial score (nSPS) is 12.1. The summed E-state index contributed by atoms with van der Waals surface area (Å²) in [5.41, 5.74) is 1.59. The van der Waals surface area contributed by atoms with Gasteiger partial charge in [-0.2, -0.15) is 0 Å². The number of hydrogen-bond acceptors (Lipinski definition) is 4. The van der Waals surface area contributed by atoms with Crippen molar-refractivity contribution in [2.75, 3.05) is 0 Å². The van der Waals surface area contributed by atoms with Crippen LogP contribution in [0.3, 0.4) is 0 Å². The highest BCUT2D eigenvalue weighted by Gasteiger charge is 2.36. The number of hydrogen-bond donors (Lipinski definition) is 0. The van der Waals surface area contributed by atoms with E-state index in [2.05, 4.69) is 66.7 Å². The maximum Gasteiger partial charge on any atom is 0.347 e. The number of fused-ring (bicyclic) bond motifs is 2. The molecule has 0 aliphatic rings. The third-order valence-electron chi connectivity index (χ3n) is 8.89. The van der Waals surface area contributed by atoms with Gasteiger partial charge in [-0.05, 0) is 66.8 Å². The monoisotopic (exact) mass is 572 g/mol. The molecule has 4 nitrogen and oxygen atoms in total. The van der Waals surface area contributed by atoms with Crippen molar-refractivity contribution in [1.82, 2.24) is 0 Å². The molecule has 0 unspecified atom stereocenters. The second kappa shape index (κ2) is 12.6. The van der Waals surface area contributed by atoms with Gasteiger partial charge < -0.3 is 13.6 Å². The van der Waals surface area contributed by atoms with Crippen molar-refractivity contribution in [3.8, 4) is 17.2 Å². The van der Waals surface area contributed by atoms with E-state index in [4.69, 9.17) is 13.6 Å². The van der Waals surface area contributed by atoms with Gasteiger partial charge in [-0.1, -0.05) is 95.6 Å². The first-order valence-corrected chi connectivity index (χ1v) is 20.0. The Labute approximate surface area is 241 Å². The van der Waals surface area contributed by atoms with E-state index in [1.807, 2.05) is 48.5 Å². The van der Waals surface area contributed by atoms with E-state index in [0.717, 1.165) is 69.1 Å². The summed E-state index contributed by atoms with van der Waals surface area (Å²) in [4.78, 5) is 14.1. The van der Waals surface area contributed by atoms with Crippen molar-refractivity contribution in [3.63, 3.8) is 0 Å². The molecule has 4 aromatic carbocycles. The summed E-state index contributed by atoms with van der Waals surface area (Å²) >= 11 is 0. The number of esters is 1. The lowest BCUT2D eigenvalue weighted by Gasteiger charge is -2.33. The van der Waals surface area contributed by atoms with Crippen LogP contribution >= 0.6 is 0 Å². The zero-order valence-corrected chi connectivity index (χ0v) is 27.2. The summed E-state index contributed by atoms with van der Waals surface area (Å²) < 4.78 is 20.2. The lowest BCUT2D eigenvalue weighted by atomic mass is 10.0. The number of carbonyl (C=O) groups excluding carboxylic acids is 1. The van der Waals surface area contributed by atoms with E-state index in [0.29, 0.717) is 17.1 Å². The molecule has 0 aliphatic heterocycles. The Morgan fingerprint density at radius 2 is 1.23 bits per heavy atom. The maximum atomic E-state index is 14.1. The molecule has 4 aromatic rings. The number of aryl methyl sites for hydroxylation is 1. The van der Waals surface area contributed by atoms with E-state index in [1.54, 1.807) is 0 Å². The van der Waals surface area contributed by atoms with E-state index in [-0.39, 0.29) is 0 Å². The topological polar surface area (TPSA) is 44.8 Å². The Bertz CT molecular complexity index is 1470. The van der Waals surface area contributed by atoms with Crippen molar-refractivity contribution >= 4 is 44.1 Å². The van der Waals surface area contributed by atoms with Crippen molar-refractivity contribution < 1.29 is 18.4 Å². The number of benzene rings is 4. The van der Waals surface area contributed by atoms with Crippen LogP contribution in [-0.4, -0.2) is 22.6 Å². The Kier molecular flexibility index (Phi) is 9.42. The van der Waals surface area contributed by atoms with Gasteiger partial charge >= 0.3 is 5.97 Å². The van der Waals surface area contributed by atoms with Crippen LogP contribution in [0, 0.1) is 6.92 Å². The molecule has 0 atom stereocenters. The predicted molar refractivity (Wildman–Crippen MR) is 173 cm³/mol. The molecular formula is C34H44O4Si2. The van der Waals surface area contributed by atoms with Crippen LogP contribution in [0.1, 0.15) is 57.5 Å². The van der Waals surface area contributed by atoms with Crippen LogP contribution in [0.25, 0.3) is 21.5 Å². The first kappa shape index (κ1) is 29.9. The summed E-state index contributed by atoms with van der Waals surface area (Å²) in [6.45, 7) is 15.4.